The molecule has 0 amide bonds. The average Bonchev–Trinajstić information content (AvgIpc) is 1.99. The largest absolute Gasteiger partial charge is 0.506 e. The van der Waals surface area contributed by atoms with Crippen LogP contribution in [0.2, 0.25) is 10.0 Å². The Morgan fingerprint density at radius 3 is 2.18 bits per heavy atom. The highest BCUT2D eigenvalue weighted by molar-refractivity contribution is 6.35. The maximum atomic E-state index is 9.28. The van der Waals surface area contributed by atoms with E-state index in [1.807, 2.05) is 0 Å². The summed E-state index contributed by atoms with van der Waals surface area (Å²) in [5.74, 6) is 0.125. The quantitative estimate of drug-likeness (QED) is 0.706. The van der Waals surface area contributed by atoms with Gasteiger partial charge in [0.05, 0.1) is 10.9 Å². The second-order valence-electron chi connectivity index (χ2n) is 1.99. The van der Waals surface area contributed by atoms with Crippen molar-refractivity contribution in [3.63, 3.8) is 0 Å². The predicted octanol–water partition coefficient (Wildman–Crippen LogP) is 3.44. The first-order chi connectivity index (χ1) is 5.16. The van der Waals surface area contributed by atoms with E-state index in [9.17, 15) is 5.11 Å². The Balaban J connectivity index is 3.29. The molecule has 0 aliphatic rings. The fourth-order valence-corrected chi connectivity index (χ4v) is 1.45. The topological polar surface area (TPSA) is 20.2 Å². The molecule has 0 spiro atoms. The van der Waals surface area contributed by atoms with Gasteiger partial charge in [-0.2, -0.15) is 0 Å². The lowest BCUT2D eigenvalue weighted by Crippen LogP contribution is -1.82. The number of halogens is 3. The van der Waals surface area contributed by atoms with E-state index in [4.69, 9.17) is 34.8 Å². The smallest absolute Gasteiger partial charge is 0.140 e. The molecule has 11 heavy (non-hydrogen) atoms. The zero-order valence-corrected chi connectivity index (χ0v) is 7.71. The molecule has 0 aliphatic carbocycles. The third-order valence-electron chi connectivity index (χ3n) is 1.31. The van der Waals surface area contributed by atoms with Crippen LogP contribution in [0.5, 0.6) is 5.75 Å². The zero-order valence-electron chi connectivity index (χ0n) is 5.44. The molecule has 1 aromatic carbocycles. The van der Waals surface area contributed by atoms with Gasteiger partial charge in [-0.3, -0.25) is 0 Å². The average molecular weight is 211 g/mol. The van der Waals surface area contributed by atoms with Gasteiger partial charge in [-0.15, -0.1) is 11.6 Å². The minimum Gasteiger partial charge on any atom is -0.506 e. The van der Waals surface area contributed by atoms with Crippen molar-refractivity contribution in [2.75, 3.05) is 0 Å². The van der Waals surface area contributed by atoms with Crippen molar-refractivity contribution >= 4 is 34.8 Å². The first kappa shape index (κ1) is 8.98. The Bertz CT molecular complexity index is 273. The lowest BCUT2D eigenvalue weighted by atomic mass is 10.2. The van der Waals surface area contributed by atoms with Crippen LogP contribution in [-0.2, 0) is 5.88 Å². The Hall–Kier alpha value is -0.110. The third-order valence-corrected chi connectivity index (χ3v) is 2.24. The van der Waals surface area contributed by atoms with Crippen LogP contribution in [-0.4, -0.2) is 5.11 Å². The Morgan fingerprint density at radius 2 is 1.73 bits per heavy atom. The summed E-state index contributed by atoms with van der Waals surface area (Å²) in [5, 5.41) is 9.98. The third kappa shape index (κ3) is 1.73. The van der Waals surface area contributed by atoms with Crippen LogP contribution in [0, 0.1) is 0 Å². The summed E-state index contributed by atoms with van der Waals surface area (Å²) < 4.78 is 0. The summed E-state index contributed by atoms with van der Waals surface area (Å²) in [5.41, 5.74) is 0.473. The molecule has 0 atom stereocenters. The minimum atomic E-state index is -0.0332. The molecule has 0 saturated carbocycles. The lowest BCUT2D eigenvalue weighted by Gasteiger charge is -2.03. The molecule has 0 fully saturated rings. The number of hydrogen-bond donors (Lipinski definition) is 1. The zero-order chi connectivity index (χ0) is 8.43. The Labute approximate surface area is 79.5 Å². The van der Waals surface area contributed by atoms with E-state index in [2.05, 4.69) is 0 Å². The molecule has 0 saturated heterocycles. The predicted molar refractivity (Wildman–Crippen MR) is 47.7 cm³/mol. The van der Waals surface area contributed by atoms with E-state index in [0.29, 0.717) is 10.6 Å². The van der Waals surface area contributed by atoms with Gasteiger partial charge in [0.25, 0.3) is 0 Å². The van der Waals surface area contributed by atoms with E-state index in [1.165, 1.54) is 6.07 Å². The molecular formula is C7H5Cl3O. The van der Waals surface area contributed by atoms with Crippen molar-refractivity contribution in [1.29, 1.82) is 0 Å². The van der Waals surface area contributed by atoms with Crippen LogP contribution in [0.1, 0.15) is 5.56 Å². The number of rotatable bonds is 1. The molecule has 1 rings (SSSR count). The summed E-state index contributed by atoms with van der Waals surface area (Å²) in [7, 11) is 0. The van der Waals surface area contributed by atoms with Crippen molar-refractivity contribution < 1.29 is 5.11 Å². The number of phenols is 1. The SMILES string of the molecule is Oc1c(Cl)ccc(Cl)c1CCl. The highest BCUT2D eigenvalue weighted by Gasteiger charge is 2.08. The van der Waals surface area contributed by atoms with Crippen LogP contribution in [0.25, 0.3) is 0 Å². The molecule has 4 heteroatoms. The maximum absolute atomic E-state index is 9.28. The van der Waals surface area contributed by atoms with Gasteiger partial charge < -0.3 is 5.11 Å². The van der Waals surface area contributed by atoms with E-state index in [-0.39, 0.29) is 16.7 Å². The van der Waals surface area contributed by atoms with Crippen molar-refractivity contribution in [2.45, 2.75) is 5.88 Å². The molecule has 0 aromatic heterocycles. The van der Waals surface area contributed by atoms with E-state index >= 15 is 0 Å². The molecule has 1 aromatic rings. The summed E-state index contributed by atoms with van der Waals surface area (Å²) in [6, 6.07) is 3.12. The van der Waals surface area contributed by atoms with Crippen molar-refractivity contribution in [3.05, 3.63) is 27.7 Å². The van der Waals surface area contributed by atoms with Gasteiger partial charge in [-0.05, 0) is 12.1 Å². The number of aromatic hydroxyl groups is 1. The number of benzene rings is 1. The maximum Gasteiger partial charge on any atom is 0.140 e. The van der Waals surface area contributed by atoms with Crippen LogP contribution >= 0.6 is 34.8 Å². The molecule has 1 N–H and O–H groups in total. The number of alkyl halides is 1. The van der Waals surface area contributed by atoms with Crippen molar-refractivity contribution in [1.82, 2.24) is 0 Å². The van der Waals surface area contributed by atoms with Crippen LogP contribution in [0.3, 0.4) is 0 Å². The highest BCUT2D eigenvalue weighted by atomic mass is 35.5. The fraction of sp³-hybridized carbons (Fsp3) is 0.143. The molecule has 0 unspecified atom stereocenters. The van der Waals surface area contributed by atoms with Crippen molar-refractivity contribution in [2.24, 2.45) is 0 Å². The first-order valence-electron chi connectivity index (χ1n) is 2.88. The fourth-order valence-electron chi connectivity index (χ4n) is 0.710. The number of hydrogen-bond acceptors (Lipinski definition) is 1. The van der Waals surface area contributed by atoms with Crippen molar-refractivity contribution in [3.8, 4) is 5.75 Å². The van der Waals surface area contributed by atoms with E-state index in [1.54, 1.807) is 6.07 Å². The summed E-state index contributed by atoms with van der Waals surface area (Å²) in [4.78, 5) is 0. The monoisotopic (exact) mass is 210 g/mol. The second kappa shape index (κ2) is 3.53. The number of phenolic OH excluding ortho intramolecular Hbond substituents is 1. The molecule has 1 nitrogen and oxygen atoms in total. The van der Waals surface area contributed by atoms with Gasteiger partial charge in [-0.1, -0.05) is 23.2 Å². The minimum absolute atomic E-state index is 0.0332. The van der Waals surface area contributed by atoms with Crippen LogP contribution in [0.4, 0.5) is 0 Å². The molecule has 0 heterocycles. The first-order valence-corrected chi connectivity index (χ1v) is 4.17. The van der Waals surface area contributed by atoms with Gasteiger partial charge in [0, 0.05) is 10.6 Å². The standard InChI is InChI=1S/C7H5Cl3O/c8-3-4-5(9)1-2-6(10)7(4)11/h1-2,11H,3H2. The molecule has 0 radical (unpaired) electrons. The summed E-state index contributed by atoms with van der Waals surface area (Å²) >= 11 is 16.8. The normalized spacial score (nSPS) is 10.1. The Kier molecular flexibility index (Phi) is 2.88. The second-order valence-corrected chi connectivity index (χ2v) is 3.07. The molecule has 60 valence electrons. The lowest BCUT2D eigenvalue weighted by molar-refractivity contribution is 0.471. The van der Waals surface area contributed by atoms with Gasteiger partial charge >= 0.3 is 0 Å². The van der Waals surface area contributed by atoms with Gasteiger partial charge in [0.15, 0.2) is 0 Å². The molecule has 0 bridgehead atoms. The van der Waals surface area contributed by atoms with Crippen LogP contribution in [0.15, 0.2) is 12.1 Å². The van der Waals surface area contributed by atoms with Gasteiger partial charge in [-0.25, -0.2) is 0 Å². The van der Waals surface area contributed by atoms with E-state index < -0.39 is 0 Å². The summed E-state index contributed by atoms with van der Waals surface area (Å²) in [6.07, 6.45) is 0. The molecule has 0 aliphatic heterocycles. The van der Waals surface area contributed by atoms with E-state index in [0.717, 1.165) is 0 Å². The highest BCUT2D eigenvalue weighted by Crippen LogP contribution is 2.33. The van der Waals surface area contributed by atoms with Gasteiger partial charge in [0.2, 0.25) is 0 Å². The van der Waals surface area contributed by atoms with Crippen LogP contribution < -0.4 is 0 Å². The molecular weight excluding hydrogens is 206 g/mol. The van der Waals surface area contributed by atoms with Gasteiger partial charge in [0.1, 0.15) is 5.75 Å². The summed E-state index contributed by atoms with van der Waals surface area (Å²) in [6.45, 7) is 0. The Morgan fingerprint density at radius 1 is 1.18 bits per heavy atom.